The van der Waals surface area contributed by atoms with E-state index < -0.39 is 55.3 Å². The summed E-state index contributed by atoms with van der Waals surface area (Å²) in [4.78, 5) is 0. The lowest BCUT2D eigenvalue weighted by Gasteiger charge is -2.59. The molecule has 17 unspecified atom stereocenters. The molecule has 2 aliphatic heterocycles. The molecule has 17 atom stereocenters. The molecule has 0 bridgehead atoms. The van der Waals surface area contributed by atoms with Crippen molar-refractivity contribution in [1.82, 2.24) is 0 Å². The molecule has 10 heteroatoms. The largest absolute Gasteiger partial charge is 0.394 e. The summed E-state index contributed by atoms with van der Waals surface area (Å²) >= 11 is 0. The highest BCUT2D eigenvalue weighted by Crippen LogP contribution is 2.70. The van der Waals surface area contributed by atoms with Crippen LogP contribution in [0, 0.1) is 46.3 Å². The molecule has 0 spiro atoms. The van der Waals surface area contributed by atoms with E-state index in [4.69, 9.17) is 14.2 Å². The van der Waals surface area contributed by atoms with Crippen LogP contribution in [0.25, 0.3) is 0 Å². The minimum Gasteiger partial charge on any atom is -0.394 e. The molecule has 0 aromatic carbocycles. The zero-order chi connectivity index (χ0) is 31.1. The van der Waals surface area contributed by atoms with E-state index in [1.165, 1.54) is 5.57 Å². The number of hydrogen-bond acceptors (Lipinski definition) is 10. The van der Waals surface area contributed by atoms with Crippen LogP contribution in [0.4, 0.5) is 0 Å². The molecule has 0 amide bonds. The number of aliphatic hydroxyl groups excluding tert-OH is 6. The fraction of sp³-hybridized carbons (Fsp3) is 0.939. The van der Waals surface area contributed by atoms with E-state index in [9.17, 15) is 35.7 Å². The van der Waals surface area contributed by atoms with Gasteiger partial charge in [-0.3, -0.25) is 0 Å². The predicted octanol–water partition coefficient (Wildman–Crippen LogP) is 1.46. The third-order valence-corrected chi connectivity index (χ3v) is 13.3. The quantitative estimate of drug-likeness (QED) is 0.210. The zero-order valence-electron chi connectivity index (χ0n) is 26.1. The molecule has 43 heavy (non-hydrogen) atoms. The molecule has 3 saturated carbocycles. The van der Waals surface area contributed by atoms with Gasteiger partial charge in [0.1, 0.15) is 24.4 Å². The van der Waals surface area contributed by atoms with E-state index in [-0.39, 0.29) is 41.3 Å². The van der Waals surface area contributed by atoms with Crippen LogP contribution in [0.1, 0.15) is 79.1 Å². The zero-order valence-corrected chi connectivity index (χ0v) is 26.1. The Kier molecular flexibility index (Phi) is 8.67. The van der Waals surface area contributed by atoms with Gasteiger partial charge >= 0.3 is 0 Å². The van der Waals surface area contributed by atoms with Gasteiger partial charge in [0.2, 0.25) is 0 Å². The smallest absolute Gasteiger partial charge is 0.186 e. The number of rotatable bonds is 7. The van der Waals surface area contributed by atoms with Crippen molar-refractivity contribution in [1.29, 1.82) is 0 Å². The molecule has 2 heterocycles. The van der Waals surface area contributed by atoms with E-state index in [0.29, 0.717) is 43.4 Å². The van der Waals surface area contributed by atoms with E-state index in [1.54, 1.807) is 0 Å². The Balaban J connectivity index is 1.07. The fourth-order valence-electron chi connectivity index (χ4n) is 10.7. The van der Waals surface area contributed by atoms with Crippen LogP contribution >= 0.6 is 0 Å². The second-order valence-electron chi connectivity index (χ2n) is 15.5. The number of ether oxygens (including phenoxy) is 3. The Morgan fingerprint density at radius 2 is 1.79 bits per heavy atom. The molecule has 7 N–H and O–H groups in total. The van der Waals surface area contributed by atoms with Crippen molar-refractivity contribution in [3.63, 3.8) is 0 Å². The van der Waals surface area contributed by atoms with Crippen LogP contribution in [-0.2, 0) is 14.2 Å². The lowest BCUT2D eigenvalue weighted by molar-refractivity contribution is -0.303. The monoisotopic (exact) mass is 610 g/mol. The second kappa shape index (κ2) is 11.5. The van der Waals surface area contributed by atoms with Gasteiger partial charge in [-0.05, 0) is 73.5 Å². The van der Waals surface area contributed by atoms with Crippen LogP contribution in [0.5, 0.6) is 0 Å². The lowest BCUT2D eigenvalue weighted by Crippen LogP contribution is -2.59. The fourth-order valence-corrected chi connectivity index (χ4v) is 10.7. The average Bonchev–Trinajstić information content (AvgIpc) is 3.40. The van der Waals surface area contributed by atoms with E-state index >= 15 is 0 Å². The van der Waals surface area contributed by atoms with Crippen molar-refractivity contribution in [2.45, 2.75) is 134 Å². The summed E-state index contributed by atoms with van der Waals surface area (Å²) in [6.07, 6.45) is 1.00. The van der Waals surface area contributed by atoms with Crippen LogP contribution in [0.2, 0.25) is 0 Å². The Morgan fingerprint density at radius 1 is 1.05 bits per heavy atom. The molecular weight excluding hydrogens is 556 g/mol. The van der Waals surface area contributed by atoms with Gasteiger partial charge in [0.05, 0.1) is 31.5 Å². The molecule has 2 saturated heterocycles. The molecule has 6 rings (SSSR count). The molecule has 6 aliphatic rings. The summed E-state index contributed by atoms with van der Waals surface area (Å²) in [5, 5.41) is 73.1. The maximum absolute atomic E-state index is 11.8. The summed E-state index contributed by atoms with van der Waals surface area (Å²) in [7, 11) is 0. The van der Waals surface area contributed by atoms with Crippen LogP contribution < -0.4 is 0 Å². The molecule has 5 fully saturated rings. The second-order valence-corrected chi connectivity index (χ2v) is 15.5. The van der Waals surface area contributed by atoms with Crippen molar-refractivity contribution in [3.05, 3.63) is 11.6 Å². The number of hydrogen-bond donors (Lipinski definition) is 7. The molecule has 10 nitrogen and oxygen atoms in total. The third-order valence-electron chi connectivity index (χ3n) is 13.3. The van der Waals surface area contributed by atoms with Crippen LogP contribution in [-0.4, -0.2) is 104 Å². The normalized spacial score (nSPS) is 55.1. The van der Waals surface area contributed by atoms with Crippen LogP contribution in [0.3, 0.4) is 0 Å². The maximum Gasteiger partial charge on any atom is 0.186 e. The standard InChI is InChI=1S/C33H54O10/c1-16(15-41-30-29(39)28(38)27(37)24(14-34)42-30)7-10-33(40)17(2)26-23(43-33)13-22-20-6-5-18-11-19(35)12-25(36)32(18,4)21(20)8-9-31(22,26)3/h5,16-17,19-30,34-40H,6-15H2,1-4H3. The molecule has 4 aliphatic carbocycles. The summed E-state index contributed by atoms with van der Waals surface area (Å²) < 4.78 is 17.8. The first-order valence-electron chi connectivity index (χ1n) is 16.6. The molecular formula is C33H54O10. The van der Waals surface area contributed by atoms with Gasteiger partial charge in [-0.2, -0.15) is 0 Å². The first-order chi connectivity index (χ1) is 20.2. The van der Waals surface area contributed by atoms with Crippen molar-refractivity contribution in [2.24, 2.45) is 46.3 Å². The Morgan fingerprint density at radius 3 is 2.51 bits per heavy atom. The maximum atomic E-state index is 11.8. The summed E-state index contributed by atoms with van der Waals surface area (Å²) in [5.74, 6) is 0.295. The van der Waals surface area contributed by atoms with Crippen molar-refractivity contribution >= 4 is 0 Å². The Labute approximate surface area is 255 Å². The average molecular weight is 611 g/mol. The Bertz CT molecular complexity index is 1050. The third kappa shape index (κ3) is 5.07. The summed E-state index contributed by atoms with van der Waals surface area (Å²) in [6, 6.07) is 0. The molecule has 0 radical (unpaired) electrons. The van der Waals surface area contributed by atoms with Gasteiger partial charge in [0, 0.05) is 24.2 Å². The highest BCUT2D eigenvalue weighted by Gasteiger charge is 2.68. The highest BCUT2D eigenvalue weighted by atomic mass is 16.7. The summed E-state index contributed by atoms with van der Waals surface area (Å²) in [6.45, 7) is 8.45. The first-order valence-corrected chi connectivity index (χ1v) is 16.6. The van der Waals surface area contributed by atoms with Gasteiger partial charge in [-0.15, -0.1) is 0 Å². The van der Waals surface area contributed by atoms with E-state index in [1.807, 2.05) is 6.92 Å². The minimum atomic E-state index is -1.48. The van der Waals surface area contributed by atoms with E-state index in [2.05, 4.69) is 26.8 Å². The van der Waals surface area contributed by atoms with Crippen molar-refractivity contribution < 1.29 is 50.0 Å². The van der Waals surface area contributed by atoms with Gasteiger partial charge in [-0.25, -0.2) is 0 Å². The van der Waals surface area contributed by atoms with Gasteiger partial charge in [0.15, 0.2) is 12.1 Å². The van der Waals surface area contributed by atoms with Crippen molar-refractivity contribution in [2.75, 3.05) is 13.2 Å². The number of allylic oxidation sites excluding steroid dienone is 1. The number of fused-ring (bicyclic) bond motifs is 7. The number of aliphatic hydroxyl groups is 7. The topological polar surface area (TPSA) is 169 Å². The van der Waals surface area contributed by atoms with Gasteiger partial charge in [-0.1, -0.05) is 39.3 Å². The molecule has 0 aromatic rings. The first kappa shape index (κ1) is 32.3. The van der Waals surface area contributed by atoms with Crippen molar-refractivity contribution in [3.8, 4) is 0 Å². The lowest BCUT2D eigenvalue weighted by atomic mass is 9.46. The van der Waals surface area contributed by atoms with Gasteiger partial charge < -0.3 is 50.0 Å². The predicted molar refractivity (Wildman–Crippen MR) is 155 cm³/mol. The minimum absolute atomic E-state index is 0.00388. The van der Waals surface area contributed by atoms with Crippen LogP contribution in [0.15, 0.2) is 11.6 Å². The Hall–Kier alpha value is -0.660. The van der Waals surface area contributed by atoms with E-state index in [0.717, 1.165) is 25.7 Å². The highest BCUT2D eigenvalue weighted by molar-refractivity contribution is 5.28. The summed E-state index contributed by atoms with van der Waals surface area (Å²) in [5.41, 5.74) is 1.02. The molecule has 246 valence electrons. The SMILES string of the molecule is CC(CCC1(O)OC2CC3C4CC=C5CC(O)CC(O)C5(C)C4CCC3(C)C2C1C)COC1OC(CO)C(O)C(O)C1O. The van der Waals surface area contributed by atoms with Gasteiger partial charge in [0.25, 0.3) is 0 Å². The molecule has 0 aromatic heterocycles.